The van der Waals surface area contributed by atoms with Gasteiger partial charge in [0.1, 0.15) is 5.75 Å². The monoisotopic (exact) mass is 317 g/mol. The normalized spacial score (nSPS) is 17.8. The average Bonchev–Trinajstić information content (AvgIpc) is 3.16. The number of nitrogens with one attached hydrogen (secondary N) is 2. The van der Waals surface area contributed by atoms with Crippen LogP contribution in [0.15, 0.2) is 29.8 Å². The van der Waals surface area contributed by atoms with Gasteiger partial charge in [-0.15, -0.1) is 11.3 Å². The van der Waals surface area contributed by atoms with Crippen LogP contribution in [-0.2, 0) is 6.42 Å². The third-order valence-corrected chi connectivity index (χ3v) is 5.00. The first kappa shape index (κ1) is 14.8. The molecule has 0 unspecified atom stereocenters. The second kappa shape index (κ2) is 6.36. The first-order valence-corrected chi connectivity index (χ1v) is 8.27. The Balaban J connectivity index is 1.54. The molecule has 1 heterocycles. The average molecular weight is 317 g/mol. The van der Waals surface area contributed by atoms with E-state index in [-0.39, 0.29) is 18.0 Å². The standard InChI is InChI=1S/C16H19N3O2S/c1-10(15-17-7-8-22-15)9-18-16(21)19-13-6-5-12-11(13)3-2-4-14(12)20/h2-4,7-8,10,13,20H,5-6,9H2,1H3,(H2,18,19,21)/t10-,13-/m1/s1. The number of carbonyl (C=O) groups excluding carboxylic acids is 1. The summed E-state index contributed by atoms with van der Waals surface area (Å²) in [6, 6.07) is 5.26. The summed E-state index contributed by atoms with van der Waals surface area (Å²) >= 11 is 1.60. The molecule has 2 atom stereocenters. The smallest absolute Gasteiger partial charge is 0.315 e. The molecule has 116 valence electrons. The van der Waals surface area contributed by atoms with Crippen LogP contribution in [0.5, 0.6) is 5.75 Å². The molecule has 5 nitrogen and oxygen atoms in total. The Morgan fingerprint density at radius 1 is 1.55 bits per heavy atom. The van der Waals surface area contributed by atoms with Crippen LogP contribution < -0.4 is 10.6 Å². The van der Waals surface area contributed by atoms with Crippen molar-refractivity contribution < 1.29 is 9.90 Å². The number of phenolic OH excluding ortho intramolecular Hbond substituents is 1. The lowest BCUT2D eigenvalue weighted by atomic mass is 10.1. The van der Waals surface area contributed by atoms with Gasteiger partial charge in [0, 0.05) is 24.0 Å². The van der Waals surface area contributed by atoms with Gasteiger partial charge >= 0.3 is 6.03 Å². The number of urea groups is 1. The molecule has 0 fully saturated rings. The third kappa shape index (κ3) is 3.06. The molecule has 6 heteroatoms. The molecule has 0 saturated heterocycles. The highest BCUT2D eigenvalue weighted by Gasteiger charge is 2.25. The molecule has 1 aromatic heterocycles. The van der Waals surface area contributed by atoms with E-state index in [0.717, 1.165) is 29.0 Å². The molecule has 2 amide bonds. The number of hydrogen-bond acceptors (Lipinski definition) is 4. The van der Waals surface area contributed by atoms with E-state index < -0.39 is 0 Å². The molecule has 1 aliphatic rings. The van der Waals surface area contributed by atoms with Crippen LogP contribution in [0.3, 0.4) is 0 Å². The molecule has 2 aromatic rings. The van der Waals surface area contributed by atoms with Crippen LogP contribution in [-0.4, -0.2) is 22.7 Å². The molecule has 1 aromatic carbocycles. The van der Waals surface area contributed by atoms with Gasteiger partial charge in [0.25, 0.3) is 0 Å². The Kier molecular flexibility index (Phi) is 4.29. The van der Waals surface area contributed by atoms with Crippen molar-refractivity contribution >= 4 is 17.4 Å². The fourth-order valence-corrected chi connectivity index (χ4v) is 3.50. The second-order valence-electron chi connectivity index (χ2n) is 5.56. The van der Waals surface area contributed by atoms with Gasteiger partial charge in [0.05, 0.1) is 11.0 Å². The van der Waals surface area contributed by atoms with E-state index in [4.69, 9.17) is 0 Å². The number of hydrogen-bond donors (Lipinski definition) is 3. The van der Waals surface area contributed by atoms with Crippen molar-refractivity contribution in [3.63, 3.8) is 0 Å². The number of rotatable bonds is 4. The summed E-state index contributed by atoms with van der Waals surface area (Å²) in [5.41, 5.74) is 1.96. The van der Waals surface area contributed by atoms with Crippen LogP contribution in [0.1, 0.15) is 41.4 Å². The van der Waals surface area contributed by atoms with Crippen molar-refractivity contribution in [2.45, 2.75) is 31.7 Å². The van der Waals surface area contributed by atoms with Crippen molar-refractivity contribution in [1.29, 1.82) is 0 Å². The fraction of sp³-hybridized carbons (Fsp3) is 0.375. The first-order chi connectivity index (χ1) is 10.6. The summed E-state index contributed by atoms with van der Waals surface area (Å²) in [5.74, 6) is 0.519. The van der Waals surface area contributed by atoms with E-state index in [1.165, 1.54) is 0 Å². The molecule has 0 radical (unpaired) electrons. The Hall–Kier alpha value is -2.08. The second-order valence-corrected chi connectivity index (χ2v) is 6.49. The molecule has 3 N–H and O–H groups in total. The number of aromatic hydroxyl groups is 1. The van der Waals surface area contributed by atoms with E-state index in [1.807, 2.05) is 24.4 Å². The SMILES string of the molecule is C[C@H](CNC(=O)N[C@@H]1CCc2c(O)cccc21)c1nccs1. The van der Waals surface area contributed by atoms with Gasteiger partial charge in [-0.3, -0.25) is 0 Å². The summed E-state index contributed by atoms with van der Waals surface area (Å²) in [6.07, 6.45) is 3.39. The van der Waals surface area contributed by atoms with Crippen LogP contribution in [0.2, 0.25) is 0 Å². The van der Waals surface area contributed by atoms with E-state index in [0.29, 0.717) is 12.3 Å². The zero-order chi connectivity index (χ0) is 15.5. The van der Waals surface area contributed by atoms with Gasteiger partial charge in [-0.2, -0.15) is 0 Å². The molecule has 1 aliphatic carbocycles. The Morgan fingerprint density at radius 2 is 2.41 bits per heavy atom. The maximum atomic E-state index is 12.1. The molecule has 0 saturated carbocycles. The lowest BCUT2D eigenvalue weighted by molar-refractivity contribution is 0.236. The zero-order valence-corrected chi connectivity index (χ0v) is 13.2. The summed E-state index contributed by atoms with van der Waals surface area (Å²) in [7, 11) is 0. The van der Waals surface area contributed by atoms with Crippen LogP contribution in [0, 0.1) is 0 Å². The van der Waals surface area contributed by atoms with Crippen LogP contribution in [0.4, 0.5) is 4.79 Å². The van der Waals surface area contributed by atoms with Gasteiger partial charge in [0.2, 0.25) is 0 Å². The molecule has 22 heavy (non-hydrogen) atoms. The summed E-state index contributed by atoms with van der Waals surface area (Å²) in [4.78, 5) is 16.3. The predicted molar refractivity (Wildman–Crippen MR) is 86.2 cm³/mol. The van der Waals surface area contributed by atoms with Gasteiger partial charge in [-0.25, -0.2) is 9.78 Å². The van der Waals surface area contributed by atoms with Gasteiger partial charge in [0.15, 0.2) is 0 Å². The Bertz CT molecular complexity index is 657. The molecule has 0 aliphatic heterocycles. The van der Waals surface area contributed by atoms with E-state index in [2.05, 4.69) is 15.6 Å². The first-order valence-electron chi connectivity index (χ1n) is 7.39. The maximum absolute atomic E-state index is 12.1. The summed E-state index contributed by atoms with van der Waals surface area (Å²) in [5, 5.41) is 18.7. The number of benzene rings is 1. The highest BCUT2D eigenvalue weighted by Crippen LogP contribution is 2.36. The number of carbonyl (C=O) groups is 1. The number of nitrogens with zero attached hydrogens (tertiary/aromatic N) is 1. The van der Waals surface area contributed by atoms with Crippen molar-refractivity contribution in [2.24, 2.45) is 0 Å². The summed E-state index contributed by atoms with van der Waals surface area (Å²) in [6.45, 7) is 2.60. The molecular weight excluding hydrogens is 298 g/mol. The van der Waals surface area contributed by atoms with Crippen molar-refractivity contribution in [3.8, 4) is 5.75 Å². The predicted octanol–water partition coefficient (Wildman–Crippen LogP) is 2.94. The Labute approximate surface area is 133 Å². The van der Waals surface area contributed by atoms with E-state index in [1.54, 1.807) is 23.6 Å². The van der Waals surface area contributed by atoms with Crippen LogP contribution in [0.25, 0.3) is 0 Å². The summed E-state index contributed by atoms with van der Waals surface area (Å²) < 4.78 is 0. The largest absolute Gasteiger partial charge is 0.508 e. The minimum Gasteiger partial charge on any atom is -0.508 e. The highest BCUT2D eigenvalue weighted by atomic mass is 32.1. The lowest BCUT2D eigenvalue weighted by Crippen LogP contribution is -2.39. The lowest BCUT2D eigenvalue weighted by Gasteiger charge is -2.16. The number of amides is 2. The minimum atomic E-state index is -0.176. The minimum absolute atomic E-state index is 0.0303. The van der Waals surface area contributed by atoms with Crippen molar-refractivity contribution in [3.05, 3.63) is 45.9 Å². The molecular formula is C16H19N3O2S. The quantitative estimate of drug-likeness (QED) is 0.811. The van der Waals surface area contributed by atoms with Gasteiger partial charge in [-0.1, -0.05) is 19.1 Å². The third-order valence-electron chi connectivity index (χ3n) is 3.99. The number of aromatic nitrogens is 1. The van der Waals surface area contributed by atoms with Gasteiger partial charge in [-0.05, 0) is 30.0 Å². The van der Waals surface area contributed by atoms with Crippen molar-refractivity contribution in [1.82, 2.24) is 15.6 Å². The highest BCUT2D eigenvalue weighted by molar-refractivity contribution is 7.09. The number of phenols is 1. The van der Waals surface area contributed by atoms with Crippen LogP contribution >= 0.6 is 11.3 Å². The topological polar surface area (TPSA) is 74.2 Å². The van der Waals surface area contributed by atoms with E-state index >= 15 is 0 Å². The zero-order valence-electron chi connectivity index (χ0n) is 12.4. The van der Waals surface area contributed by atoms with Gasteiger partial charge < -0.3 is 15.7 Å². The molecule has 3 rings (SSSR count). The number of fused-ring (bicyclic) bond motifs is 1. The fourth-order valence-electron chi connectivity index (χ4n) is 2.81. The number of thiazole rings is 1. The Morgan fingerprint density at radius 3 is 3.18 bits per heavy atom. The molecule has 0 bridgehead atoms. The maximum Gasteiger partial charge on any atom is 0.315 e. The van der Waals surface area contributed by atoms with Crippen molar-refractivity contribution in [2.75, 3.05) is 6.54 Å². The van der Waals surface area contributed by atoms with E-state index in [9.17, 15) is 9.90 Å². The molecule has 0 spiro atoms.